The van der Waals surface area contributed by atoms with Crippen molar-refractivity contribution in [3.8, 4) is 17.7 Å². The van der Waals surface area contributed by atoms with Crippen molar-refractivity contribution in [1.82, 2.24) is 4.98 Å². The van der Waals surface area contributed by atoms with Crippen molar-refractivity contribution in [2.75, 3.05) is 0 Å². The first-order valence-corrected chi connectivity index (χ1v) is 7.39. The summed E-state index contributed by atoms with van der Waals surface area (Å²) in [6.45, 7) is 5.82. The van der Waals surface area contributed by atoms with Gasteiger partial charge in [0.25, 0.3) is 0 Å². The molecule has 1 heterocycles. The van der Waals surface area contributed by atoms with Crippen molar-refractivity contribution in [1.29, 1.82) is 5.26 Å². The van der Waals surface area contributed by atoms with Crippen LogP contribution < -0.4 is 4.74 Å². The first-order chi connectivity index (χ1) is 11.2. The fraction of sp³-hybridized carbons (Fsp3) is 0.100. The van der Waals surface area contributed by atoms with Crippen molar-refractivity contribution in [2.24, 2.45) is 0 Å². The predicted octanol–water partition coefficient (Wildman–Crippen LogP) is 4.94. The predicted molar refractivity (Wildman–Crippen MR) is 91.6 cm³/mol. The van der Waals surface area contributed by atoms with Gasteiger partial charge in [0.2, 0.25) is 5.88 Å². The van der Waals surface area contributed by atoms with Crippen LogP contribution in [-0.2, 0) is 6.42 Å². The Morgan fingerprint density at radius 1 is 1.17 bits per heavy atom. The number of aromatic nitrogens is 1. The third-order valence-electron chi connectivity index (χ3n) is 3.64. The van der Waals surface area contributed by atoms with Crippen LogP contribution in [0.5, 0.6) is 11.6 Å². The van der Waals surface area contributed by atoms with E-state index in [2.05, 4.69) is 35.8 Å². The summed E-state index contributed by atoms with van der Waals surface area (Å²) in [5, 5.41) is 9.95. The SMILES string of the molecule is C=CCc1ccc2c(C)cc(Oc3ccc(C#N)cc3)nc2c1. The summed E-state index contributed by atoms with van der Waals surface area (Å²) in [6, 6.07) is 17.3. The Morgan fingerprint density at radius 2 is 1.96 bits per heavy atom. The average Bonchev–Trinajstić information content (AvgIpc) is 2.55. The van der Waals surface area contributed by atoms with Gasteiger partial charge in [-0.2, -0.15) is 5.26 Å². The Kier molecular flexibility index (Phi) is 4.07. The lowest BCUT2D eigenvalue weighted by Gasteiger charge is -2.09. The molecule has 3 aromatic rings. The maximum Gasteiger partial charge on any atom is 0.220 e. The van der Waals surface area contributed by atoms with Crippen molar-refractivity contribution in [3.05, 3.63) is 77.9 Å². The second kappa shape index (κ2) is 6.33. The van der Waals surface area contributed by atoms with Gasteiger partial charge in [-0.3, -0.25) is 0 Å². The zero-order chi connectivity index (χ0) is 16.2. The molecule has 0 radical (unpaired) electrons. The van der Waals surface area contributed by atoms with Gasteiger partial charge in [0.05, 0.1) is 17.1 Å². The molecule has 2 aromatic carbocycles. The number of ether oxygens (including phenoxy) is 1. The molecule has 0 aliphatic heterocycles. The molecule has 3 nitrogen and oxygen atoms in total. The first-order valence-electron chi connectivity index (χ1n) is 7.39. The van der Waals surface area contributed by atoms with Crippen molar-refractivity contribution in [2.45, 2.75) is 13.3 Å². The minimum Gasteiger partial charge on any atom is -0.439 e. The molecule has 0 aliphatic carbocycles. The van der Waals surface area contributed by atoms with E-state index in [1.54, 1.807) is 24.3 Å². The molecule has 0 bridgehead atoms. The van der Waals surface area contributed by atoms with Crippen LogP contribution in [0.3, 0.4) is 0 Å². The standard InChI is InChI=1S/C20H16N2O/c1-3-4-15-7-10-18-14(2)11-20(22-19(18)12-15)23-17-8-5-16(13-21)6-9-17/h3,5-12H,1,4H2,2H3. The summed E-state index contributed by atoms with van der Waals surface area (Å²) < 4.78 is 5.83. The molecule has 0 amide bonds. The lowest BCUT2D eigenvalue weighted by Crippen LogP contribution is -1.92. The normalized spacial score (nSPS) is 10.3. The van der Waals surface area contributed by atoms with Crippen LogP contribution in [0.15, 0.2) is 61.2 Å². The number of rotatable bonds is 4. The Balaban J connectivity index is 1.96. The quantitative estimate of drug-likeness (QED) is 0.641. The first kappa shape index (κ1) is 14.8. The molecule has 0 aliphatic rings. The molecule has 112 valence electrons. The number of fused-ring (bicyclic) bond motifs is 1. The van der Waals surface area contributed by atoms with Crippen LogP contribution in [0, 0.1) is 18.3 Å². The van der Waals surface area contributed by atoms with E-state index in [1.165, 1.54) is 5.56 Å². The highest BCUT2D eigenvalue weighted by Crippen LogP contribution is 2.26. The number of nitrogens with zero attached hydrogens (tertiary/aromatic N) is 2. The smallest absolute Gasteiger partial charge is 0.220 e. The highest BCUT2D eigenvalue weighted by atomic mass is 16.5. The zero-order valence-corrected chi connectivity index (χ0v) is 12.9. The molecule has 0 spiro atoms. The fourth-order valence-electron chi connectivity index (χ4n) is 2.48. The largest absolute Gasteiger partial charge is 0.439 e. The third-order valence-corrected chi connectivity index (χ3v) is 3.64. The van der Waals surface area contributed by atoms with E-state index in [4.69, 9.17) is 10.00 Å². The lowest BCUT2D eigenvalue weighted by molar-refractivity contribution is 0.464. The van der Waals surface area contributed by atoms with Gasteiger partial charge in [0, 0.05) is 11.5 Å². The van der Waals surface area contributed by atoms with Crippen molar-refractivity contribution < 1.29 is 4.74 Å². The Bertz CT molecular complexity index is 905. The van der Waals surface area contributed by atoms with Crippen molar-refractivity contribution in [3.63, 3.8) is 0 Å². The molecule has 0 saturated carbocycles. The lowest BCUT2D eigenvalue weighted by atomic mass is 10.1. The molecular formula is C20H16N2O. The summed E-state index contributed by atoms with van der Waals surface area (Å²) in [5.41, 5.74) is 3.81. The molecule has 3 heteroatoms. The van der Waals surface area contributed by atoms with Crippen LogP contribution in [0.1, 0.15) is 16.7 Å². The maximum atomic E-state index is 8.83. The minimum absolute atomic E-state index is 0.551. The molecular weight excluding hydrogens is 284 g/mol. The summed E-state index contributed by atoms with van der Waals surface area (Å²) in [5.74, 6) is 1.22. The van der Waals surface area contributed by atoms with E-state index in [-0.39, 0.29) is 0 Å². The Labute approximate surface area is 135 Å². The zero-order valence-electron chi connectivity index (χ0n) is 12.9. The minimum atomic E-state index is 0.551. The van der Waals surface area contributed by atoms with Gasteiger partial charge in [-0.15, -0.1) is 6.58 Å². The monoisotopic (exact) mass is 300 g/mol. The highest BCUT2D eigenvalue weighted by Gasteiger charge is 2.06. The van der Waals surface area contributed by atoms with Crippen LogP contribution in [-0.4, -0.2) is 4.98 Å². The number of allylic oxidation sites excluding steroid dienone is 1. The van der Waals surface area contributed by atoms with E-state index >= 15 is 0 Å². The van der Waals surface area contributed by atoms with E-state index in [9.17, 15) is 0 Å². The van der Waals surface area contributed by atoms with Gasteiger partial charge in [-0.05, 0) is 54.8 Å². The third kappa shape index (κ3) is 3.22. The van der Waals surface area contributed by atoms with E-state index in [0.29, 0.717) is 17.2 Å². The molecule has 23 heavy (non-hydrogen) atoms. The van der Waals surface area contributed by atoms with E-state index in [1.807, 2.05) is 19.1 Å². The Hall–Kier alpha value is -3.12. The molecule has 1 aromatic heterocycles. The summed E-state index contributed by atoms with van der Waals surface area (Å²) in [4.78, 5) is 4.60. The van der Waals surface area contributed by atoms with Crippen molar-refractivity contribution >= 4 is 10.9 Å². The summed E-state index contributed by atoms with van der Waals surface area (Å²) >= 11 is 0. The van der Waals surface area contributed by atoms with Gasteiger partial charge in [0.15, 0.2) is 0 Å². The fourth-order valence-corrected chi connectivity index (χ4v) is 2.48. The number of pyridine rings is 1. The number of hydrogen-bond donors (Lipinski definition) is 0. The number of nitriles is 1. The van der Waals surface area contributed by atoms with Crippen LogP contribution in [0.4, 0.5) is 0 Å². The van der Waals surface area contributed by atoms with Crippen LogP contribution >= 0.6 is 0 Å². The second-order valence-electron chi connectivity index (χ2n) is 5.36. The average molecular weight is 300 g/mol. The maximum absolute atomic E-state index is 8.83. The molecule has 0 atom stereocenters. The molecule has 3 rings (SSSR count). The van der Waals surface area contributed by atoms with Gasteiger partial charge in [-0.1, -0.05) is 18.2 Å². The van der Waals surface area contributed by atoms with Gasteiger partial charge < -0.3 is 4.74 Å². The van der Waals surface area contributed by atoms with E-state index < -0.39 is 0 Å². The number of aryl methyl sites for hydroxylation is 1. The highest BCUT2D eigenvalue weighted by molar-refractivity contribution is 5.83. The molecule has 0 saturated heterocycles. The van der Waals surface area contributed by atoms with Crippen LogP contribution in [0.25, 0.3) is 10.9 Å². The number of benzene rings is 2. The van der Waals surface area contributed by atoms with Gasteiger partial charge in [0.1, 0.15) is 5.75 Å². The van der Waals surface area contributed by atoms with Crippen LogP contribution in [0.2, 0.25) is 0 Å². The second-order valence-corrected chi connectivity index (χ2v) is 5.36. The summed E-state index contributed by atoms with van der Waals surface area (Å²) in [7, 11) is 0. The van der Waals surface area contributed by atoms with E-state index in [0.717, 1.165) is 22.9 Å². The molecule has 0 fully saturated rings. The number of hydrogen-bond acceptors (Lipinski definition) is 3. The van der Waals surface area contributed by atoms with Gasteiger partial charge in [-0.25, -0.2) is 4.98 Å². The van der Waals surface area contributed by atoms with Gasteiger partial charge >= 0.3 is 0 Å². The summed E-state index contributed by atoms with van der Waals surface area (Å²) in [6.07, 6.45) is 2.70. The molecule has 0 N–H and O–H groups in total. The Morgan fingerprint density at radius 3 is 2.65 bits per heavy atom. The topological polar surface area (TPSA) is 45.9 Å². The molecule has 0 unspecified atom stereocenters.